The molecule has 0 heterocycles. The second-order valence-electron chi connectivity index (χ2n) is 5.64. The Balaban J connectivity index is 1.34. The van der Waals surface area contributed by atoms with E-state index in [0.29, 0.717) is 0 Å². The molecule has 0 radical (unpaired) electrons. The molecule has 0 saturated heterocycles. The van der Waals surface area contributed by atoms with Gasteiger partial charge in [0.25, 0.3) is 0 Å². The van der Waals surface area contributed by atoms with E-state index >= 15 is 0 Å². The summed E-state index contributed by atoms with van der Waals surface area (Å²) < 4.78 is 5.75. The third-order valence-corrected chi connectivity index (χ3v) is 6.36. The van der Waals surface area contributed by atoms with E-state index in [4.69, 9.17) is 4.74 Å². The predicted octanol–water partition coefficient (Wildman–Crippen LogP) is 5.54. The SMILES string of the molecule is c1ccc(CPCCCOCCCPCc2ccccc2)cc1. The average molecular weight is 346 g/mol. The van der Waals surface area contributed by atoms with E-state index in [2.05, 4.69) is 60.7 Å². The van der Waals surface area contributed by atoms with Crippen LogP contribution < -0.4 is 0 Å². The first-order chi connectivity index (χ1) is 11.4. The van der Waals surface area contributed by atoms with Gasteiger partial charge in [0.1, 0.15) is 0 Å². The Morgan fingerprint density at radius 2 is 1.04 bits per heavy atom. The van der Waals surface area contributed by atoms with Gasteiger partial charge < -0.3 is 4.74 Å². The zero-order valence-corrected chi connectivity index (χ0v) is 15.8. The highest BCUT2D eigenvalue weighted by atomic mass is 31.1. The Labute approximate surface area is 144 Å². The second kappa shape index (κ2) is 12.7. The van der Waals surface area contributed by atoms with Gasteiger partial charge in [0.05, 0.1) is 0 Å². The summed E-state index contributed by atoms with van der Waals surface area (Å²) in [5, 5.41) is 0. The van der Waals surface area contributed by atoms with E-state index in [1.165, 1.54) is 48.6 Å². The number of benzene rings is 2. The predicted molar refractivity (Wildman–Crippen MR) is 107 cm³/mol. The Morgan fingerprint density at radius 1 is 0.609 bits per heavy atom. The number of rotatable bonds is 12. The normalized spacial score (nSPS) is 11.8. The highest BCUT2D eigenvalue weighted by Gasteiger charge is 1.95. The Morgan fingerprint density at radius 3 is 1.48 bits per heavy atom. The van der Waals surface area contributed by atoms with Gasteiger partial charge in [-0.1, -0.05) is 60.7 Å². The molecule has 3 heteroatoms. The summed E-state index contributed by atoms with van der Waals surface area (Å²) in [6.45, 7) is 1.87. The smallest absolute Gasteiger partial charge is 0.0469 e. The molecule has 0 amide bonds. The molecule has 0 aliphatic carbocycles. The average Bonchev–Trinajstić information content (AvgIpc) is 2.61. The Kier molecular flexibility index (Phi) is 10.2. The minimum absolute atomic E-state index is 0.934. The molecule has 0 bridgehead atoms. The summed E-state index contributed by atoms with van der Waals surface area (Å²) in [4.78, 5) is 0. The van der Waals surface area contributed by atoms with Crippen molar-refractivity contribution in [3.63, 3.8) is 0 Å². The minimum Gasteiger partial charge on any atom is -0.381 e. The van der Waals surface area contributed by atoms with Crippen LogP contribution in [0.15, 0.2) is 60.7 Å². The fourth-order valence-corrected chi connectivity index (χ4v) is 4.55. The van der Waals surface area contributed by atoms with Crippen molar-refractivity contribution in [3.8, 4) is 0 Å². The van der Waals surface area contributed by atoms with Crippen molar-refractivity contribution < 1.29 is 4.74 Å². The van der Waals surface area contributed by atoms with Gasteiger partial charge in [0.2, 0.25) is 0 Å². The molecular formula is C20H28OP2. The van der Waals surface area contributed by atoms with Gasteiger partial charge in [-0.2, -0.15) is 0 Å². The highest BCUT2D eigenvalue weighted by Crippen LogP contribution is 2.20. The molecule has 124 valence electrons. The minimum atomic E-state index is 0.934. The fourth-order valence-electron chi connectivity index (χ4n) is 2.36. The fraction of sp³-hybridized carbons (Fsp3) is 0.400. The molecule has 2 unspecified atom stereocenters. The Bertz CT molecular complexity index is 454. The van der Waals surface area contributed by atoms with Crippen molar-refractivity contribution in [2.45, 2.75) is 25.2 Å². The molecular weight excluding hydrogens is 318 g/mol. The van der Waals surface area contributed by atoms with Gasteiger partial charge in [0.15, 0.2) is 0 Å². The van der Waals surface area contributed by atoms with Gasteiger partial charge in [0, 0.05) is 13.2 Å². The maximum Gasteiger partial charge on any atom is 0.0469 e. The molecule has 23 heavy (non-hydrogen) atoms. The molecule has 0 aliphatic heterocycles. The summed E-state index contributed by atoms with van der Waals surface area (Å²) in [6, 6.07) is 21.6. The number of ether oxygens (including phenoxy) is 1. The van der Waals surface area contributed by atoms with Crippen LogP contribution in [-0.2, 0) is 17.1 Å². The lowest BCUT2D eigenvalue weighted by atomic mass is 10.2. The first-order valence-corrected chi connectivity index (χ1v) is 11.3. The molecule has 0 aromatic heterocycles. The number of hydrogen-bond donors (Lipinski definition) is 0. The summed E-state index contributed by atoms with van der Waals surface area (Å²) in [7, 11) is 2.05. The highest BCUT2D eigenvalue weighted by molar-refractivity contribution is 7.37. The quantitative estimate of drug-likeness (QED) is 0.362. The van der Waals surface area contributed by atoms with Gasteiger partial charge in [-0.15, -0.1) is 17.2 Å². The molecule has 0 saturated carbocycles. The zero-order chi connectivity index (χ0) is 16.0. The van der Waals surface area contributed by atoms with Crippen molar-refractivity contribution >= 4 is 17.2 Å². The van der Waals surface area contributed by atoms with E-state index in [1.54, 1.807) is 0 Å². The monoisotopic (exact) mass is 346 g/mol. The summed E-state index contributed by atoms with van der Waals surface area (Å²) in [5.74, 6) is 0. The molecule has 2 aromatic carbocycles. The molecule has 1 nitrogen and oxygen atoms in total. The maximum absolute atomic E-state index is 5.75. The van der Waals surface area contributed by atoms with Crippen molar-refractivity contribution in [3.05, 3.63) is 71.8 Å². The molecule has 0 N–H and O–H groups in total. The van der Waals surface area contributed by atoms with Crippen molar-refractivity contribution in [2.24, 2.45) is 0 Å². The van der Waals surface area contributed by atoms with Crippen LogP contribution in [-0.4, -0.2) is 25.5 Å². The van der Waals surface area contributed by atoms with Crippen molar-refractivity contribution in [2.75, 3.05) is 25.5 Å². The first kappa shape index (κ1) is 18.6. The molecule has 2 aromatic rings. The Hall–Kier alpha value is -0.740. The molecule has 0 spiro atoms. The van der Waals surface area contributed by atoms with E-state index in [9.17, 15) is 0 Å². The topological polar surface area (TPSA) is 9.23 Å². The molecule has 2 rings (SSSR count). The molecule has 2 atom stereocenters. The maximum atomic E-state index is 5.75. The van der Waals surface area contributed by atoms with Crippen LogP contribution in [0, 0.1) is 0 Å². The standard InChI is InChI=1S/C20H28OP2/c1-3-9-19(10-4-1)17-22-15-7-13-21-14-8-16-23-18-20-11-5-2-6-12-20/h1-6,9-12,22-23H,7-8,13-18H2. The van der Waals surface area contributed by atoms with Crippen LogP contribution in [0.3, 0.4) is 0 Å². The van der Waals surface area contributed by atoms with Crippen molar-refractivity contribution in [1.29, 1.82) is 0 Å². The third kappa shape index (κ3) is 9.21. The lowest BCUT2D eigenvalue weighted by molar-refractivity contribution is 0.136. The van der Waals surface area contributed by atoms with Crippen LogP contribution in [0.4, 0.5) is 0 Å². The van der Waals surface area contributed by atoms with Gasteiger partial charge >= 0.3 is 0 Å². The third-order valence-electron chi connectivity index (χ3n) is 3.63. The van der Waals surface area contributed by atoms with Crippen LogP contribution in [0.2, 0.25) is 0 Å². The van der Waals surface area contributed by atoms with E-state index < -0.39 is 0 Å². The van der Waals surface area contributed by atoms with Crippen LogP contribution in [0.5, 0.6) is 0 Å². The lowest BCUT2D eigenvalue weighted by Crippen LogP contribution is -1.99. The molecule has 0 aliphatic rings. The van der Waals surface area contributed by atoms with E-state index in [0.717, 1.165) is 30.4 Å². The van der Waals surface area contributed by atoms with Crippen LogP contribution in [0.1, 0.15) is 24.0 Å². The summed E-state index contributed by atoms with van der Waals surface area (Å²) >= 11 is 0. The largest absolute Gasteiger partial charge is 0.381 e. The van der Waals surface area contributed by atoms with Gasteiger partial charge in [-0.3, -0.25) is 0 Å². The second-order valence-corrected chi connectivity index (χ2v) is 8.35. The van der Waals surface area contributed by atoms with E-state index in [1.807, 2.05) is 0 Å². The first-order valence-electron chi connectivity index (χ1n) is 8.52. The van der Waals surface area contributed by atoms with E-state index in [-0.39, 0.29) is 0 Å². The summed E-state index contributed by atoms with van der Waals surface area (Å²) in [6.07, 6.45) is 7.45. The van der Waals surface area contributed by atoms with Gasteiger partial charge in [-0.25, -0.2) is 0 Å². The van der Waals surface area contributed by atoms with Crippen LogP contribution in [0.25, 0.3) is 0 Å². The lowest BCUT2D eigenvalue weighted by Gasteiger charge is -2.05. The van der Waals surface area contributed by atoms with Crippen molar-refractivity contribution in [1.82, 2.24) is 0 Å². The van der Waals surface area contributed by atoms with Crippen LogP contribution >= 0.6 is 17.2 Å². The zero-order valence-electron chi connectivity index (χ0n) is 13.8. The summed E-state index contributed by atoms with van der Waals surface area (Å²) in [5.41, 5.74) is 2.93. The van der Waals surface area contributed by atoms with Gasteiger partial charge in [-0.05, 0) is 48.6 Å². The molecule has 0 fully saturated rings. The number of hydrogen-bond acceptors (Lipinski definition) is 1.